The standard InChI is InChI=1S/C29H35ClN2O3S/c1-21-11-17-24(18-12-21)36(34,35)32(19-22-13-15-23(30)16-14-22)26-10-8-7-9-25(26)27(33)31-29(5,6)20-28(2,3)4/h7-18H,19-20H2,1-6H3,(H,31,33). The van der Waals surface area contributed by atoms with E-state index in [2.05, 4.69) is 26.1 Å². The van der Waals surface area contributed by atoms with Gasteiger partial charge in [-0.15, -0.1) is 0 Å². The van der Waals surface area contributed by atoms with Crippen LogP contribution in [0.4, 0.5) is 5.69 Å². The third-order valence-electron chi connectivity index (χ3n) is 5.69. The van der Waals surface area contributed by atoms with Gasteiger partial charge in [-0.3, -0.25) is 9.10 Å². The van der Waals surface area contributed by atoms with Crippen LogP contribution in [0, 0.1) is 12.3 Å². The number of hydrogen-bond acceptors (Lipinski definition) is 3. The minimum Gasteiger partial charge on any atom is -0.347 e. The molecule has 36 heavy (non-hydrogen) atoms. The Morgan fingerprint density at radius 3 is 2.06 bits per heavy atom. The Labute approximate surface area is 220 Å². The summed E-state index contributed by atoms with van der Waals surface area (Å²) in [5, 5.41) is 3.68. The molecule has 3 aromatic rings. The fourth-order valence-corrected chi connectivity index (χ4v) is 6.12. The van der Waals surface area contributed by atoms with Gasteiger partial charge in [-0.2, -0.15) is 0 Å². The minimum absolute atomic E-state index is 0.00565. The Bertz CT molecular complexity index is 1310. The number of aryl methyl sites for hydroxylation is 1. The van der Waals surface area contributed by atoms with E-state index < -0.39 is 15.6 Å². The van der Waals surface area contributed by atoms with Crippen molar-refractivity contribution in [3.05, 3.63) is 94.5 Å². The third kappa shape index (κ3) is 7.11. The molecule has 0 spiro atoms. The van der Waals surface area contributed by atoms with Crippen LogP contribution in [-0.4, -0.2) is 19.9 Å². The van der Waals surface area contributed by atoms with E-state index in [0.717, 1.165) is 17.5 Å². The van der Waals surface area contributed by atoms with Gasteiger partial charge >= 0.3 is 0 Å². The molecule has 0 aliphatic heterocycles. The van der Waals surface area contributed by atoms with Crippen LogP contribution in [0.15, 0.2) is 77.7 Å². The van der Waals surface area contributed by atoms with Gasteiger partial charge in [0.2, 0.25) is 0 Å². The fraction of sp³-hybridized carbons (Fsp3) is 0.345. The van der Waals surface area contributed by atoms with Gasteiger partial charge in [-0.25, -0.2) is 8.42 Å². The maximum absolute atomic E-state index is 13.9. The number of halogens is 1. The smallest absolute Gasteiger partial charge is 0.264 e. The Hall–Kier alpha value is -2.83. The highest BCUT2D eigenvalue weighted by molar-refractivity contribution is 7.92. The molecule has 0 bridgehead atoms. The third-order valence-corrected chi connectivity index (χ3v) is 7.72. The zero-order valence-electron chi connectivity index (χ0n) is 21.8. The molecule has 0 aliphatic rings. The number of rotatable bonds is 8. The summed E-state index contributed by atoms with van der Waals surface area (Å²) in [4.78, 5) is 13.7. The van der Waals surface area contributed by atoms with Gasteiger partial charge in [0.15, 0.2) is 0 Å². The van der Waals surface area contributed by atoms with E-state index in [-0.39, 0.29) is 22.8 Å². The first-order valence-corrected chi connectivity index (χ1v) is 13.8. The lowest BCUT2D eigenvalue weighted by Crippen LogP contribution is -2.46. The molecule has 0 saturated carbocycles. The average molecular weight is 527 g/mol. The summed E-state index contributed by atoms with van der Waals surface area (Å²) in [6.07, 6.45) is 0.754. The lowest BCUT2D eigenvalue weighted by Gasteiger charge is -2.34. The molecule has 1 amide bonds. The number of benzene rings is 3. The Kier molecular flexibility index (Phi) is 8.21. The first kappa shape index (κ1) is 27.8. The highest BCUT2D eigenvalue weighted by atomic mass is 35.5. The first-order valence-electron chi connectivity index (χ1n) is 11.9. The van der Waals surface area contributed by atoms with Gasteiger partial charge < -0.3 is 5.32 Å². The molecule has 0 radical (unpaired) electrons. The van der Waals surface area contributed by atoms with Crippen molar-refractivity contribution in [2.45, 2.75) is 64.9 Å². The van der Waals surface area contributed by atoms with Crippen molar-refractivity contribution in [2.24, 2.45) is 5.41 Å². The van der Waals surface area contributed by atoms with E-state index in [4.69, 9.17) is 11.6 Å². The molecule has 0 unspecified atom stereocenters. The molecule has 0 saturated heterocycles. The predicted molar refractivity (Wildman–Crippen MR) is 148 cm³/mol. The van der Waals surface area contributed by atoms with E-state index in [1.165, 1.54) is 4.31 Å². The number of nitrogens with zero attached hydrogens (tertiary/aromatic N) is 1. The van der Waals surface area contributed by atoms with Crippen LogP contribution in [0.25, 0.3) is 0 Å². The zero-order valence-corrected chi connectivity index (χ0v) is 23.4. The van der Waals surface area contributed by atoms with E-state index in [1.807, 2.05) is 20.8 Å². The number of sulfonamides is 1. The summed E-state index contributed by atoms with van der Waals surface area (Å²) in [5.41, 5.74) is 1.84. The predicted octanol–water partition coefficient (Wildman–Crippen LogP) is 6.99. The monoisotopic (exact) mass is 526 g/mol. The second-order valence-electron chi connectivity index (χ2n) is 11.0. The number of nitrogens with one attached hydrogen (secondary N) is 1. The van der Waals surface area contributed by atoms with Crippen molar-refractivity contribution in [1.82, 2.24) is 5.32 Å². The second kappa shape index (κ2) is 10.7. The van der Waals surface area contributed by atoms with Crippen molar-refractivity contribution in [2.75, 3.05) is 4.31 Å². The van der Waals surface area contributed by atoms with Crippen molar-refractivity contribution in [3.8, 4) is 0 Å². The summed E-state index contributed by atoms with van der Waals surface area (Å²) < 4.78 is 29.2. The molecule has 1 N–H and O–H groups in total. The van der Waals surface area contributed by atoms with Crippen LogP contribution in [0.2, 0.25) is 5.02 Å². The number of carbonyl (C=O) groups is 1. The largest absolute Gasteiger partial charge is 0.347 e. The number of amides is 1. The second-order valence-corrected chi connectivity index (χ2v) is 13.3. The van der Waals surface area contributed by atoms with E-state index in [1.54, 1.807) is 72.8 Å². The molecule has 5 nitrogen and oxygen atoms in total. The number of anilines is 1. The SMILES string of the molecule is Cc1ccc(S(=O)(=O)N(Cc2ccc(Cl)cc2)c2ccccc2C(=O)NC(C)(C)CC(C)(C)C)cc1. The van der Waals surface area contributed by atoms with E-state index >= 15 is 0 Å². The molecular formula is C29H35ClN2O3S. The van der Waals surface area contributed by atoms with Gasteiger partial charge in [0.05, 0.1) is 22.7 Å². The molecule has 192 valence electrons. The van der Waals surface area contributed by atoms with Crippen LogP contribution in [0.5, 0.6) is 0 Å². The number of hydrogen-bond donors (Lipinski definition) is 1. The molecular weight excluding hydrogens is 492 g/mol. The topological polar surface area (TPSA) is 66.5 Å². The summed E-state index contributed by atoms with van der Waals surface area (Å²) in [6, 6.07) is 20.6. The first-order chi connectivity index (χ1) is 16.7. The maximum Gasteiger partial charge on any atom is 0.264 e. The normalized spacial score (nSPS) is 12.3. The van der Waals surface area contributed by atoms with E-state index in [0.29, 0.717) is 16.3 Å². The maximum atomic E-state index is 13.9. The minimum atomic E-state index is -3.99. The Morgan fingerprint density at radius 1 is 0.889 bits per heavy atom. The van der Waals surface area contributed by atoms with Crippen molar-refractivity contribution in [3.63, 3.8) is 0 Å². The van der Waals surface area contributed by atoms with Crippen LogP contribution in [-0.2, 0) is 16.6 Å². The van der Waals surface area contributed by atoms with Gasteiger partial charge in [-0.05, 0) is 74.6 Å². The van der Waals surface area contributed by atoms with Gasteiger partial charge in [0, 0.05) is 10.6 Å². The zero-order chi connectivity index (χ0) is 26.7. The van der Waals surface area contributed by atoms with E-state index in [9.17, 15) is 13.2 Å². The van der Waals surface area contributed by atoms with Crippen LogP contribution < -0.4 is 9.62 Å². The highest BCUT2D eigenvalue weighted by Crippen LogP contribution is 2.31. The van der Waals surface area contributed by atoms with Crippen molar-refractivity contribution in [1.29, 1.82) is 0 Å². The summed E-state index contributed by atoms with van der Waals surface area (Å²) in [5.74, 6) is -0.319. The molecule has 3 rings (SSSR count). The number of para-hydroxylation sites is 1. The average Bonchev–Trinajstić information content (AvgIpc) is 2.77. The quantitative estimate of drug-likeness (QED) is 0.344. The molecule has 0 atom stereocenters. The molecule has 0 aliphatic carbocycles. The number of carbonyl (C=O) groups excluding carboxylic acids is 1. The van der Waals surface area contributed by atoms with Crippen molar-refractivity contribution >= 4 is 33.2 Å². The highest BCUT2D eigenvalue weighted by Gasteiger charge is 2.31. The summed E-state index contributed by atoms with van der Waals surface area (Å²) in [6.45, 7) is 12.3. The molecule has 7 heteroatoms. The lowest BCUT2D eigenvalue weighted by molar-refractivity contribution is 0.0892. The van der Waals surface area contributed by atoms with Crippen LogP contribution in [0.3, 0.4) is 0 Å². The summed E-state index contributed by atoms with van der Waals surface area (Å²) in [7, 11) is -3.99. The lowest BCUT2D eigenvalue weighted by atomic mass is 9.81. The van der Waals surface area contributed by atoms with Crippen molar-refractivity contribution < 1.29 is 13.2 Å². The van der Waals surface area contributed by atoms with Crippen LogP contribution >= 0.6 is 11.6 Å². The fourth-order valence-electron chi connectivity index (χ4n) is 4.52. The van der Waals surface area contributed by atoms with Gasteiger partial charge in [-0.1, -0.05) is 74.3 Å². The summed E-state index contributed by atoms with van der Waals surface area (Å²) >= 11 is 6.06. The van der Waals surface area contributed by atoms with Gasteiger partial charge in [0.25, 0.3) is 15.9 Å². The molecule has 0 aromatic heterocycles. The molecule has 0 heterocycles. The van der Waals surface area contributed by atoms with Gasteiger partial charge in [0.1, 0.15) is 0 Å². The Balaban J connectivity index is 2.09. The molecule has 0 fully saturated rings. The molecule has 3 aromatic carbocycles. The Morgan fingerprint density at radius 2 is 1.47 bits per heavy atom. The van der Waals surface area contributed by atoms with Crippen LogP contribution in [0.1, 0.15) is 62.5 Å².